The van der Waals surface area contributed by atoms with E-state index in [9.17, 15) is 19.8 Å². The number of aliphatic hydroxyl groups excluding tert-OH is 1. The van der Waals surface area contributed by atoms with E-state index in [1.165, 1.54) is 18.2 Å². The zero-order valence-electron chi connectivity index (χ0n) is 19.1. The lowest BCUT2D eigenvalue weighted by molar-refractivity contribution is -0.366. The average molecular weight is 493 g/mol. The number of carbonyl (C=O) groups excluding carboxylic acids is 2. The number of rotatable bonds is 3. The van der Waals surface area contributed by atoms with Crippen molar-refractivity contribution >= 4 is 41.0 Å². The zero-order chi connectivity index (χ0) is 25.1. The molecular formula is C25H23ClN5O4+. The van der Waals surface area contributed by atoms with Crippen molar-refractivity contribution in [3.05, 3.63) is 58.1 Å². The van der Waals surface area contributed by atoms with Crippen molar-refractivity contribution in [2.45, 2.75) is 38.0 Å². The Bertz CT molecular complexity index is 1410. The Labute approximate surface area is 206 Å². The van der Waals surface area contributed by atoms with E-state index >= 15 is 0 Å². The Morgan fingerprint density at radius 3 is 2.80 bits per heavy atom. The summed E-state index contributed by atoms with van der Waals surface area (Å²) in [4.78, 5) is 33.7. The predicted octanol–water partition coefficient (Wildman–Crippen LogP) is 1.00. The number of aromatic nitrogens is 2. The smallest absolute Gasteiger partial charge is 0.340 e. The summed E-state index contributed by atoms with van der Waals surface area (Å²) in [5.41, 5.74) is 6.91. The van der Waals surface area contributed by atoms with E-state index in [2.05, 4.69) is 21.8 Å². The largest absolute Gasteiger partial charge is 0.384 e. The van der Waals surface area contributed by atoms with Crippen molar-refractivity contribution in [1.82, 2.24) is 14.9 Å². The quantitative estimate of drug-likeness (QED) is 0.332. The molecule has 178 valence electrons. The van der Waals surface area contributed by atoms with Crippen LogP contribution in [0.15, 0.2) is 30.7 Å². The highest BCUT2D eigenvalue weighted by molar-refractivity contribution is 6.31. The van der Waals surface area contributed by atoms with Crippen LogP contribution in [0.3, 0.4) is 0 Å². The number of hydrogen-bond donors (Lipinski definition) is 3. The van der Waals surface area contributed by atoms with Gasteiger partial charge in [-0.2, -0.15) is 4.98 Å². The lowest BCUT2D eigenvalue weighted by Gasteiger charge is -2.25. The van der Waals surface area contributed by atoms with Crippen molar-refractivity contribution in [2.24, 2.45) is 11.7 Å². The predicted molar refractivity (Wildman–Crippen MR) is 128 cm³/mol. The summed E-state index contributed by atoms with van der Waals surface area (Å²) < 4.78 is 1.72. The van der Waals surface area contributed by atoms with Crippen molar-refractivity contribution in [3.8, 4) is 11.8 Å². The molecule has 2 aliphatic carbocycles. The van der Waals surface area contributed by atoms with Gasteiger partial charge >= 0.3 is 5.82 Å². The Balaban J connectivity index is 1.36. The van der Waals surface area contributed by atoms with Gasteiger partial charge in [0, 0.05) is 30.4 Å². The SMILES string of the molecule is CC(=O)N(CC#Cc1ccc(C)c(C(N)=O)c1)C1C2CC(=[N+]3C=Cc4c(Cl)ncnc43)[C@H](O)[C@]21O. The Morgan fingerprint density at radius 1 is 1.37 bits per heavy atom. The van der Waals surface area contributed by atoms with Crippen LogP contribution in [-0.4, -0.2) is 71.5 Å². The molecule has 0 radical (unpaired) electrons. The molecule has 0 bridgehead atoms. The van der Waals surface area contributed by atoms with Crippen LogP contribution in [0.1, 0.15) is 40.4 Å². The minimum atomic E-state index is -1.47. The normalized spacial score (nSPS) is 27.6. The van der Waals surface area contributed by atoms with Gasteiger partial charge in [-0.3, -0.25) is 9.59 Å². The van der Waals surface area contributed by atoms with Crippen LogP contribution in [-0.2, 0) is 4.79 Å². The molecule has 0 saturated heterocycles. The molecule has 3 aliphatic rings. The first kappa shape index (κ1) is 23.2. The molecule has 10 heteroatoms. The first-order valence-electron chi connectivity index (χ1n) is 11.0. The summed E-state index contributed by atoms with van der Waals surface area (Å²) in [7, 11) is 0. The number of nitrogens with zero attached hydrogens (tertiary/aromatic N) is 4. The van der Waals surface area contributed by atoms with E-state index in [1.807, 2.05) is 0 Å². The van der Waals surface area contributed by atoms with Crippen LogP contribution in [0.4, 0.5) is 5.82 Å². The van der Waals surface area contributed by atoms with Crippen molar-refractivity contribution in [3.63, 3.8) is 0 Å². The molecule has 2 amide bonds. The third-order valence-corrected chi connectivity index (χ3v) is 7.29. The number of nitrogens with two attached hydrogens (primary N) is 1. The van der Waals surface area contributed by atoms with Gasteiger partial charge in [-0.05, 0) is 35.7 Å². The minimum absolute atomic E-state index is 0.0654. The maximum Gasteiger partial charge on any atom is 0.340 e. The fraction of sp³-hybridized carbons (Fsp3) is 0.320. The Hall–Kier alpha value is -3.58. The highest BCUT2D eigenvalue weighted by Crippen LogP contribution is 2.57. The number of hydrogen-bond acceptors (Lipinski definition) is 6. The van der Waals surface area contributed by atoms with Crippen LogP contribution in [0.25, 0.3) is 6.08 Å². The summed E-state index contributed by atoms with van der Waals surface area (Å²) in [6.45, 7) is 3.26. The highest BCUT2D eigenvalue weighted by Gasteiger charge is 2.76. The fourth-order valence-electron chi connectivity index (χ4n) is 5.14. The second-order valence-corrected chi connectivity index (χ2v) is 9.32. The maximum absolute atomic E-state index is 12.4. The van der Waals surface area contributed by atoms with Gasteiger partial charge in [0.25, 0.3) is 0 Å². The third kappa shape index (κ3) is 3.62. The van der Waals surface area contributed by atoms with Crippen LogP contribution in [0.2, 0.25) is 5.15 Å². The summed E-state index contributed by atoms with van der Waals surface area (Å²) in [6, 6.07) is 4.59. The van der Waals surface area contributed by atoms with Crippen molar-refractivity contribution in [2.75, 3.05) is 6.54 Å². The van der Waals surface area contributed by atoms with E-state index in [4.69, 9.17) is 17.3 Å². The monoisotopic (exact) mass is 492 g/mol. The van der Waals surface area contributed by atoms with Gasteiger partial charge in [0.1, 0.15) is 28.1 Å². The molecule has 2 unspecified atom stereocenters. The number of carbonyl (C=O) groups is 2. The van der Waals surface area contributed by atoms with Gasteiger partial charge in [0.2, 0.25) is 18.1 Å². The number of halogens is 1. The minimum Gasteiger partial charge on any atom is -0.384 e. The molecule has 2 saturated carbocycles. The van der Waals surface area contributed by atoms with Crippen LogP contribution < -0.4 is 5.73 Å². The zero-order valence-corrected chi connectivity index (χ0v) is 19.8. The highest BCUT2D eigenvalue weighted by atomic mass is 35.5. The third-order valence-electron chi connectivity index (χ3n) is 6.99. The summed E-state index contributed by atoms with van der Waals surface area (Å²) in [5, 5.41) is 22.7. The van der Waals surface area contributed by atoms with E-state index in [-0.39, 0.29) is 18.4 Å². The van der Waals surface area contributed by atoms with E-state index < -0.39 is 23.7 Å². The summed E-state index contributed by atoms with van der Waals surface area (Å²) in [6.07, 6.45) is 4.03. The molecule has 2 heterocycles. The Morgan fingerprint density at radius 2 is 2.14 bits per heavy atom. The molecule has 4 N–H and O–H groups in total. The molecule has 9 nitrogen and oxygen atoms in total. The van der Waals surface area contributed by atoms with Crippen LogP contribution in [0, 0.1) is 24.7 Å². The van der Waals surface area contributed by atoms with Gasteiger partial charge in [-0.25, -0.2) is 4.58 Å². The van der Waals surface area contributed by atoms with E-state index in [0.717, 1.165) is 5.56 Å². The molecular weight excluding hydrogens is 470 g/mol. The maximum atomic E-state index is 12.4. The number of aryl methyl sites for hydroxylation is 1. The number of primary amides is 1. The number of aliphatic hydroxyl groups is 2. The lowest BCUT2D eigenvalue weighted by atomic mass is 10.0. The first-order valence-corrected chi connectivity index (χ1v) is 11.4. The van der Waals surface area contributed by atoms with Crippen LogP contribution >= 0.6 is 11.6 Å². The van der Waals surface area contributed by atoms with Gasteiger partial charge in [0.15, 0.2) is 0 Å². The summed E-state index contributed by atoms with van der Waals surface area (Å²) >= 11 is 6.14. The molecule has 1 aliphatic heterocycles. The number of benzene rings is 1. The van der Waals surface area contributed by atoms with Gasteiger partial charge in [-0.15, -0.1) is 0 Å². The molecule has 5 rings (SSSR count). The number of fused-ring (bicyclic) bond motifs is 2. The second kappa shape index (κ2) is 8.27. The molecule has 2 aromatic rings. The van der Waals surface area contributed by atoms with Gasteiger partial charge < -0.3 is 20.8 Å². The van der Waals surface area contributed by atoms with E-state index in [0.29, 0.717) is 39.8 Å². The Kier molecular flexibility index (Phi) is 5.48. The average Bonchev–Trinajstić information content (AvgIpc) is 3.07. The fourth-order valence-corrected chi connectivity index (χ4v) is 5.33. The van der Waals surface area contributed by atoms with Gasteiger partial charge in [-0.1, -0.05) is 29.5 Å². The molecule has 4 atom stereocenters. The molecule has 1 aromatic heterocycles. The van der Waals surface area contributed by atoms with Crippen molar-refractivity contribution < 1.29 is 24.4 Å². The topological polar surface area (TPSA) is 133 Å². The molecule has 2 fully saturated rings. The van der Waals surface area contributed by atoms with Gasteiger partial charge in [0.05, 0.1) is 18.8 Å². The summed E-state index contributed by atoms with van der Waals surface area (Å²) in [5.74, 6) is 5.31. The number of amides is 2. The molecule has 35 heavy (non-hydrogen) atoms. The molecule has 1 aromatic carbocycles. The lowest BCUT2D eigenvalue weighted by Crippen LogP contribution is -2.45. The van der Waals surface area contributed by atoms with E-state index in [1.54, 1.807) is 42.0 Å². The second-order valence-electron chi connectivity index (χ2n) is 8.97. The first-order chi connectivity index (χ1) is 16.6. The molecule has 0 spiro atoms. The standard InChI is InChI=1S/C25H22ClN5O4/c1-13-5-6-15(10-17(13)23(27)34)4-3-8-30(14(2)32)20-18-11-19(21(33)25(18,20)35)31-9-7-16-22(26)28-12-29-24(16)31/h5-7,9-10,12,18,20-21,33,35H,8,11H2,1-2H3,(H-,27,34)/p+1/t18?,20?,21-,25-/m0/s1. The van der Waals surface area contributed by atoms with Crippen molar-refractivity contribution in [1.29, 1.82) is 0 Å². The van der Waals surface area contributed by atoms with Crippen LogP contribution in [0.5, 0.6) is 0 Å².